The molecule has 1 aliphatic heterocycles. The molecule has 1 N–H and O–H groups in total. The Morgan fingerprint density at radius 3 is 2.52 bits per heavy atom. The predicted molar refractivity (Wildman–Crippen MR) is 75.7 cm³/mol. The fourth-order valence-electron chi connectivity index (χ4n) is 2.23. The van der Waals surface area contributed by atoms with E-state index in [0.717, 1.165) is 26.7 Å². The van der Waals surface area contributed by atoms with Gasteiger partial charge >= 0.3 is 10.4 Å². The monoisotopic (exact) mass is 325 g/mol. The molecule has 0 aromatic carbocycles. The van der Waals surface area contributed by atoms with Crippen LogP contribution >= 0.6 is 0 Å². The van der Waals surface area contributed by atoms with Gasteiger partial charge in [0.05, 0.1) is 33.4 Å². The summed E-state index contributed by atoms with van der Waals surface area (Å²) < 4.78 is 37.3. The van der Waals surface area contributed by atoms with E-state index in [4.69, 9.17) is 8.92 Å². The zero-order valence-corrected chi connectivity index (χ0v) is 13.5. The molecule has 8 nitrogen and oxygen atoms in total. The first-order chi connectivity index (χ1) is 9.93. The van der Waals surface area contributed by atoms with Crippen LogP contribution in [0.25, 0.3) is 0 Å². The summed E-state index contributed by atoms with van der Waals surface area (Å²) in [7, 11) is -2.83. The molecule has 0 radical (unpaired) electrons. The van der Waals surface area contributed by atoms with E-state index in [1.165, 1.54) is 0 Å². The summed E-state index contributed by atoms with van der Waals surface area (Å²) >= 11 is 0. The van der Waals surface area contributed by atoms with E-state index in [1.54, 1.807) is 6.92 Å². The maximum Gasteiger partial charge on any atom is 0.399 e. The van der Waals surface area contributed by atoms with E-state index >= 15 is 0 Å². The summed E-state index contributed by atoms with van der Waals surface area (Å²) in [5.74, 6) is 0.0135. The first kappa shape index (κ1) is 18.3. The molecule has 9 heteroatoms. The Morgan fingerprint density at radius 2 is 1.95 bits per heavy atom. The fourth-order valence-corrected chi connectivity index (χ4v) is 2.60. The first-order valence-corrected chi connectivity index (χ1v) is 8.41. The maximum atomic E-state index is 11.3. The van der Waals surface area contributed by atoms with Crippen LogP contribution in [0, 0.1) is 0 Å². The van der Waals surface area contributed by atoms with Crippen LogP contribution in [0.2, 0.25) is 0 Å². The lowest BCUT2D eigenvalue weighted by molar-refractivity contribution is -0.934. The zero-order chi connectivity index (χ0) is 15.8. The highest BCUT2D eigenvalue weighted by Crippen LogP contribution is 2.11. The molecule has 0 spiro atoms. The topological polar surface area (TPSA) is 90.9 Å². The van der Waals surface area contributed by atoms with Gasteiger partial charge in [-0.3, -0.25) is 8.98 Å². The van der Waals surface area contributed by atoms with Gasteiger partial charge in [0.2, 0.25) is 5.91 Å². The second-order valence-corrected chi connectivity index (χ2v) is 6.33. The predicted octanol–water partition coefficient (Wildman–Crippen LogP) is -0.733. The number of carbonyl (C=O) groups excluding carboxylic acids is 1. The third-order valence-corrected chi connectivity index (χ3v) is 4.51. The van der Waals surface area contributed by atoms with Crippen LogP contribution in [0.1, 0.15) is 13.3 Å². The van der Waals surface area contributed by atoms with Gasteiger partial charge in [-0.05, 0) is 0 Å². The molecule has 0 aromatic heterocycles. The highest BCUT2D eigenvalue weighted by molar-refractivity contribution is 7.81. The number of hydrogen-bond donors (Lipinski definition) is 1. The lowest BCUT2D eigenvalue weighted by Crippen LogP contribution is -2.59. The second kappa shape index (κ2) is 8.64. The maximum absolute atomic E-state index is 11.3. The van der Waals surface area contributed by atoms with Gasteiger partial charge in [0, 0.05) is 6.42 Å². The molecular formula is C12H25N2O6S+. The number of nitrogens with zero attached hydrogens (tertiary/aromatic N) is 1. The van der Waals surface area contributed by atoms with Crippen LogP contribution in [-0.4, -0.2) is 78.5 Å². The van der Waals surface area contributed by atoms with Crippen LogP contribution in [0.3, 0.4) is 0 Å². The molecule has 0 aliphatic carbocycles. The Kier molecular flexibility index (Phi) is 7.53. The van der Waals surface area contributed by atoms with Crippen LogP contribution in [-0.2, 0) is 28.3 Å². The quantitative estimate of drug-likeness (QED) is 0.562. The van der Waals surface area contributed by atoms with E-state index in [9.17, 15) is 13.2 Å². The van der Waals surface area contributed by atoms with E-state index in [1.807, 2.05) is 0 Å². The second-order valence-electron chi connectivity index (χ2n) is 4.95. The third-order valence-electron chi connectivity index (χ3n) is 3.65. The Hall–Kier alpha value is -0.740. The van der Waals surface area contributed by atoms with Crippen molar-refractivity contribution in [3.8, 4) is 0 Å². The van der Waals surface area contributed by atoms with E-state index in [-0.39, 0.29) is 12.5 Å². The van der Waals surface area contributed by atoms with Crippen molar-refractivity contribution in [2.24, 2.45) is 0 Å². The molecule has 21 heavy (non-hydrogen) atoms. The fraction of sp³-hybridized carbons (Fsp3) is 0.917. The number of amides is 1. The smallest absolute Gasteiger partial charge is 0.370 e. The lowest BCUT2D eigenvalue weighted by atomic mass is 10.3. The van der Waals surface area contributed by atoms with Gasteiger partial charge in [-0.2, -0.15) is 8.42 Å². The van der Waals surface area contributed by atoms with Crippen molar-refractivity contribution in [1.82, 2.24) is 5.32 Å². The summed E-state index contributed by atoms with van der Waals surface area (Å²) in [6.45, 7) is 6.48. The van der Waals surface area contributed by atoms with E-state index in [0.29, 0.717) is 37.2 Å². The molecule has 0 bridgehead atoms. The summed E-state index contributed by atoms with van der Waals surface area (Å²) in [5.41, 5.74) is 0. The number of morpholine rings is 1. The van der Waals surface area contributed by atoms with Crippen molar-refractivity contribution >= 4 is 16.3 Å². The number of carbonyl (C=O) groups is 1. The summed E-state index contributed by atoms with van der Waals surface area (Å²) in [6, 6.07) is 0. The molecule has 1 amide bonds. The van der Waals surface area contributed by atoms with Crippen molar-refractivity contribution in [1.29, 1.82) is 0 Å². The molecule has 1 heterocycles. The van der Waals surface area contributed by atoms with E-state index < -0.39 is 10.4 Å². The molecule has 0 unspecified atom stereocenters. The van der Waals surface area contributed by atoms with Gasteiger partial charge in [0.15, 0.2) is 0 Å². The Bertz CT molecular complexity index is 419. The minimum Gasteiger partial charge on any atom is -0.370 e. The zero-order valence-electron chi connectivity index (χ0n) is 12.7. The highest BCUT2D eigenvalue weighted by atomic mass is 32.3. The standard InChI is InChI=1S/C12H24N2O6S/c1-3-12(15)13-4-5-14(6-9-19-10-7-14)8-11-20-21(16,17)18-2/h3-11H2,1-2H3/p+1. The first-order valence-electron chi connectivity index (χ1n) is 7.07. The highest BCUT2D eigenvalue weighted by Gasteiger charge is 2.30. The SMILES string of the molecule is CCC(=O)NCC[N+]1(CCOS(=O)(=O)OC)CCOCC1. The van der Waals surface area contributed by atoms with Gasteiger partial charge in [0.1, 0.15) is 26.2 Å². The van der Waals surface area contributed by atoms with Crippen LogP contribution in [0.4, 0.5) is 0 Å². The van der Waals surface area contributed by atoms with Crippen molar-refractivity contribution in [2.45, 2.75) is 13.3 Å². The van der Waals surface area contributed by atoms with E-state index in [2.05, 4.69) is 9.50 Å². The molecule has 1 fully saturated rings. The summed E-state index contributed by atoms with van der Waals surface area (Å²) in [4.78, 5) is 11.3. The number of nitrogens with one attached hydrogen (secondary N) is 1. The molecule has 1 aliphatic rings. The Morgan fingerprint density at radius 1 is 1.29 bits per heavy atom. The summed E-state index contributed by atoms with van der Waals surface area (Å²) in [5, 5.41) is 2.84. The van der Waals surface area contributed by atoms with Gasteiger partial charge < -0.3 is 14.5 Å². The average Bonchev–Trinajstić information content (AvgIpc) is 2.48. The molecule has 0 atom stereocenters. The number of rotatable bonds is 9. The largest absolute Gasteiger partial charge is 0.399 e. The molecule has 0 aromatic rings. The van der Waals surface area contributed by atoms with Crippen molar-refractivity contribution in [3.63, 3.8) is 0 Å². The van der Waals surface area contributed by atoms with Crippen molar-refractivity contribution in [2.75, 3.05) is 59.7 Å². The third kappa shape index (κ3) is 6.70. The van der Waals surface area contributed by atoms with Gasteiger partial charge in [-0.1, -0.05) is 6.92 Å². The van der Waals surface area contributed by atoms with Crippen LogP contribution < -0.4 is 5.32 Å². The van der Waals surface area contributed by atoms with Crippen LogP contribution in [0.15, 0.2) is 0 Å². The van der Waals surface area contributed by atoms with Crippen LogP contribution in [0.5, 0.6) is 0 Å². The van der Waals surface area contributed by atoms with Crippen molar-refractivity contribution in [3.05, 3.63) is 0 Å². The summed E-state index contributed by atoms with van der Waals surface area (Å²) in [6.07, 6.45) is 0.457. The molecule has 0 saturated carbocycles. The van der Waals surface area contributed by atoms with Gasteiger partial charge in [-0.15, -0.1) is 0 Å². The molecule has 1 saturated heterocycles. The number of ether oxygens (including phenoxy) is 1. The number of hydrogen-bond acceptors (Lipinski definition) is 6. The van der Waals surface area contributed by atoms with Gasteiger partial charge in [-0.25, -0.2) is 4.18 Å². The van der Waals surface area contributed by atoms with Crippen molar-refractivity contribution < 1.29 is 30.8 Å². The normalized spacial score (nSPS) is 18.4. The molecular weight excluding hydrogens is 300 g/mol. The molecule has 1 rings (SSSR count). The Balaban J connectivity index is 2.47. The minimum absolute atomic E-state index is 0.0135. The minimum atomic E-state index is -3.90. The Labute approximate surface area is 126 Å². The lowest BCUT2D eigenvalue weighted by Gasteiger charge is -2.41. The average molecular weight is 325 g/mol. The number of quaternary nitrogens is 1. The van der Waals surface area contributed by atoms with Gasteiger partial charge in [0.25, 0.3) is 0 Å². The molecule has 124 valence electrons.